The van der Waals surface area contributed by atoms with Gasteiger partial charge >= 0.3 is 0 Å². The van der Waals surface area contributed by atoms with E-state index in [9.17, 15) is 0 Å². The molecule has 0 aliphatic carbocycles. The van der Waals surface area contributed by atoms with Crippen LogP contribution in [0.3, 0.4) is 0 Å². The van der Waals surface area contributed by atoms with Crippen molar-refractivity contribution in [2.45, 2.75) is 176 Å². The fourth-order valence-corrected chi connectivity index (χ4v) is 5.99. The van der Waals surface area contributed by atoms with Crippen LogP contribution < -0.4 is 0 Å². The number of allylic oxidation sites excluding steroid dienone is 2. The maximum atomic E-state index is 5.25. The summed E-state index contributed by atoms with van der Waals surface area (Å²) in [6.45, 7) is 11.4. The molecule has 260 valence electrons. The molecule has 0 heterocycles. The van der Waals surface area contributed by atoms with E-state index in [4.69, 9.17) is 9.98 Å². The predicted molar refractivity (Wildman–Crippen MR) is 204 cm³/mol. The largest absolute Gasteiger partial charge is 0.255 e. The molecule has 2 aromatic rings. The Morgan fingerprint density at radius 2 is 0.870 bits per heavy atom. The van der Waals surface area contributed by atoms with Crippen molar-refractivity contribution in [2.75, 3.05) is 0 Å². The number of hydrogen-bond acceptors (Lipinski definition) is 2. The first-order valence-electron chi connectivity index (χ1n) is 19.2. The van der Waals surface area contributed by atoms with Crippen molar-refractivity contribution >= 4 is 23.3 Å². The standard InChI is InChI=1S/C43H68N2.Pd/c1-6-11-16-17-18-19-24-29-41(45-43-34-39(27-22-14-9-4)31-40(35-43)28-23-15-10-5)36-44-42-32-37(25-20-12-7-2)30-38(33-42)26-21-13-8-3;/h24,29-36H,6-23,25-28H2,1-5H3;/b29-24+,44-36+,45-41+;. The zero-order valence-electron chi connectivity index (χ0n) is 30.5. The number of aliphatic imine (C=N–C) groups is 2. The van der Waals surface area contributed by atoms with E-state index < -0.39 is 0 Å². The summed E-state index contributed by atoms with van der Waals surface area (Å²) in [7, 11) is 0. The molecule has 0 atom stereocenters. The SMILES string of the molecule is CCCCCCC/C=C/C(/C=N/c1cc(CCCCC)cc(CCCCC)c1)=N\c1cc(CCCCC)cc(CCCCC)c1.[Pd]. The molecule has 0 unspecified atom stereocenters. The number of unbranched alkanes of at least 4 members (excludes halogenated alkanes) is 13. The topological polar surface area (TPSA) is 24.7 Å². The van der Waals surface area contributed by atoms with Gasteiger partial charge in [0.05, 0.1) is 23.3 Å². The normalized spacial score (nSPS) is 12.0. The Morgan fingerprint density at radius 3 is 1.30 bits per heavy atom. The summed E-state index contributed by atoms with van der Waals surface area (Å²) in [4.78, 5) is 10.3. The first-order valence-corrected chi connectivity index (χ1v) is 19.2. The van der Waals surface area contributed by atoms with Gasteiger partial charge in [-0.05, 0) is 117 Å². The Labute approximate surface area is 299 Å². The number of benzene rings is 2. The predicted octanol–water partition coefficient (Wildman–Crippen LogP) is 14.0. The number of hydrogen-bond donors (Lipinski definition) is 0. The minimum absolute atomic E-state index is 0. The van der Waals surface area contributed by atoms with E-state index in [1.54, 1.807) is 0 Å². The van der Waals surface area contributed by atoms with Gasteiger partial charge in [0.15, 0.2) is 0 Å². The monoisotopic (exact) mass is 718 g/mol. The molecular formula is C43H68N2Pd. The zero-order chi connectivity index (χ0) is 32.4. The van der Waals surface area contributed by atoms with Crippen molar-refractivity contribution in [3.63, 3.8) is 0 Å². The van der Waals surface area contributed by atoms with Crippen molar-refractivity contribution in [1.82, 2.24) is 0 Å². The molecule has 2 rings (SSSR count). The van der Waals surface area contributed by atoms with Crippen LogP contribution in [0.4, 0.5) is 11.4 Å². The van der Waals surface area contributed by atoms with E-state index in [-0.39, 0.29) is 20.4 Å². The molecular weight excluding hydrogens is 651 g/mol. The Kier molecular flexibility index (Phi) is 25.9. The van der Waals surface area contributed by atoms with Gasteiger partial charge in [0.25, 0.3) is 0 Å². The van der Waals surface area contributed by atoms with Crippen LogP contribution in [0.5, 0.6) is 0 Å². The molecule has 0 bridgehead atoms. The van der Waals surface area contributed by atoms with Gasteiger partial charge in [0, 0.05) is 20.4 Å². The average Bonchev–Trinajstić information content (AvgIpc) is 3.03. The summed E-state index contributed by atoms with van der Waals surface area (Å²) in [5, 5.41) is 0. The van der Waals surface area contributed by atoms with Crippen LogP contribution in [0.2, 0.25) is 0 Å². The average molecular weight is 719 g/mol. The third-order valence-corrected chi connectivity index (χ3v) is 8.72. The van der Waals surface area contributed by atoms with Crippen molar-refractivity contribution in [1.29, 1.82) is 0 Å². The molecule has 0 aromatic heterocycles. The second-order valence-electron chi connectivity index (χ2n) is 13.2. The molecule has 0 spiro atoms. The molecule has 46 heavy (non-hydrogen) atoms. The van der Waals surface area contributed by atoms with Crippen molar-refractivity contribution < 1.29 is 20.4 Å². The molecule has 3 heteroatoms. The summed E-state index contributed by atoms with van der Waals surface area (Å²) in [5.41, 5.74) is 8.85. The fraction of sp³-hybridized carbons (Fsp3) is 0.628. The summed E-state index contributed by atoms with van der Waals surface area (Å²) < 4.78 is 0. The van der Waals surface area contributed by atoms with Gasteiger partial charge in [-0.1, -0.05) is 130 Å². The van der Waals surface area contributed by atoms with E-state index in [2.05, 4.69) is 83.2 Å². The summed E-state index contributed by atoms with van der Waals surface area (Å²) in [5.74, 6) is 0. The van der Waals surface area contributed by atoms with E-state index in [0.29, 0.717) is 0 Å². The molecule has 0 fully saturated rings. The van der Waals surface area contributed by atoms with Gasteiger partial charge in [-0.2, -0.15) is 0 Å². The second kappa shape index (κ2) is 28.2. The van der Waals surface area contributed by atoms with Crippen LogP contribution in [0.25, 0.3) is 0 Å². The van der Waals surface area contributed by atoms with E-state index in [1.807, 2.05) is 6.21 Å². The van der Waals surface area contributed by atoms with Crippen molar-refractivity contribution in [2.24, 2.45) is 9.98 Å². The minimum Gasteiger partial charge on any atom is -0.255 e. The van der Waals surface area contributed by atoms with Crippen LogP contribution in [0, 0.1) is 0 Å². The summed E-state index contributed by atoms with van der Waals surface area (Å²) in [6.07, 6.45) is 33.9. The third kappa shape index (κ3) is 19.8. The van der Waals surface area contributed by atoms with Crippen molar-refractivity contribution in [3.8, 4) is 0 Å². The van der Waals surface area contributed by atoms with Crippen LogP contribution >= 0.6 is 0 Å². The van der Waals surface area contributed by atoms with E-state index in [0.717, 1.165) is 49.2 Å². The third-order valence-electron chi connectivity index (χ3n) is 8.72. The molecule has 0 N–H and O–H groups in total. The molecule has 0 aliphatic rings. The van der Waals surface area contributed by atoms with Gasteiger partial charge in [-0.25, -0.2) is 4.99 Å². The molecule has 2 nitrogen and oxygen atoms in total. The van der Waals surface area contributed by atoms with Gasteiger partial charge in [-0.15, -0.1) is 0 Å². The van der Waals surface area contributed by atoms with Crippen LogP contribution in [0.15, 0.2) is 58.5 Å². The summed E-state index contributed by atoms with van der Waals surface area (Å²) >= 11 is 0. The Balaban J connectivity index is 0.0000106. The first kappa shape index (κ1) is 42.2. The Morgan fingerprint density at radius 1 is 0.478 bits per heavy atom. The minimum atomic E-state index is 0. The molecule has 2 aromatic carbocycles. The van der Waals surface area contributed by atoms with Crippen LogP contribution in [-0.4, -0.2) is 11.9 Å². The van der Waals surface area contributed by atoms with Crippen LogP contribution in [-0.2, 0) is 46.1 Å². The zero-order valence-corrected chi connectivity index (χ0v) is 32.0. The number of rotatable bonds is 26. The van der Waals surface area contributed by atoms with E-state index >= 15 is 0 Å². The molecule has 0 saturated heterocycles. The Bertz CT molecular complexity index is 1070. The van der Waals surface area contributed by atoms with Crippen LogP contribution in [0.1, 0.15) is 172 Å². The van der Waals surface area contributed by atoms with Gasteiger partial charge in [0.2, 0.25) is 0 Å². The summed E-state index contributed by atoms with van der Waals surface area (Å²) in [6, 6.07) is 14.1. The molecule has 0 aliphatic heterocycles. The van der Waals surface area contributed by atoms with E-state index in [1.165, 1.54) is 131 Å². The van der Waals surface area contributed by atoms with Gasteiger partial charge < -0.3 is 0 Å². The first-order chi connectivity index (χ1) is 22.1. The van der Waals surface area contributed by atoms with Crippen molar-refractivity contribution in [3.05, 3.63) is 70.8 Å². The Hall–Kier alpha value is -1.82. The second-order valence-corrected chi connectivity index (χ2v) is 13.2. The quantitative estimate of drug-likeness (QED) is 0.0525. The number of aryl methyl sites for hydroxylation is 4. The maximum Gasteiger partial charge on any atom is 0.0816 e. The molecule has 0 amide bonds. The van der Waals surface area contributed by atoms with Gasteiger partial charge in [0.1, 0.15) is 0 Å². The van der Waals surface area contributed by atoms with Gasteiger partial charge in [-0.3, -0.25) is 4.99 Å². The number of nitrogens with zero attached hydrogens (tertiary/aromatic N) is 2. The molecule has 0 radical (unpaired) electrons. The molecule has 0 saturated carbocycles. The maximum absolute atomic E-state index is 5.25. The fourth-order valence-electron chi connectivity index (χ4n) is 5.99. The smallest absolute Gasteiger partial charge is 0.0816 e.